The van der Waals surface area contributed by atoms with Gasteiger partial charge in [-0.2, -0.15) is 0 Å². The molecule has 0 aromatic heterocycles. The highest BCUT2D eigenvalue weighted by atomic mass is 35.5. The van der Waals surface area contributed by atoms with Crippen molar-refractivity contribution in [2.24, 2.45) is 0 Å². The molecule has 3 aliphatic rings. The number of ether oxygens (including phenoxy) is 5. The van der Waals surface area contributed by atoms with E-state index in [-0.39, 0.29) is 24.7 Å². The van der Waals surface area contributed by atoms with Gasteiger partial charge in [-0.25, -0.2) is 0 Å². The molecule has 164 valence electrons. The van der Waals surface area contributed by atoms with Gasteiger partial charge in [0.25, 0.3) is 0 Å². The lowest BCUT2D eigenvalue weighted by Crippen LogP contribution is -2.51. The first kappa shape index (κ1) is 20.3. The van der Waals surface area contributed by atoms with Crippen LogP contribution >= 0.6 is 11.6 Å². The van der Waals surface area contributed by atoms with E-state index in [2.05, 4.69) is 0 Å². The average Bonchev–Trinajstić information content (AvgIpc) is 2.78. The Bertz CT molecular complexity index is 1070. The van der Waals surface area contributed by atoms with Crippen molar-refractivity contribution in [1.29, 1.82) is 0 Å². The minimum atomic E-state index is -0.896. The molecule has 4 atom stereocenters. The topological polar surface area (TPSA) is 83.5 Å². The van der Waals surface area contributed by atoms with E-state index >= 15 is 0 Å². The molecule has 0 fully saturated rings. The first-order valence-corrected chi connectivity index (χ1v) is 10.6. The minimum Gasteiger partial charge on any atom is -0.493 e. The van der Waals surface area contributed by atoms with Crippen LogP contribution in [0.2, 0.25) is 0 Å². The highest BCUT2D eigenvalue weighted by molar-refractivity contribution is 6.18. The molecular weight excluding hydrogens is 424 g/mol. The van der Waals surface area contributed by atoms with Crippen molar-refractivity contribution in [3.63, 3.8) is 0 Å². The number of hydrogen-bond donors (Lipinski definition) is 1. The van der Waals surface area contributed by atoms with Gasteiger partial charge in [-0.15, -0.1) is 11.6 Å². The van der Waals surface area contributed by atoms with E-state index in [1.54, 1.807) is 45.4 Å². The summed E-state index contributed by atoms with van der Waals surface area (Å²) in [6.07, 6.45) is -1.04. The minimum absolute atomic E-state index is 0.0639. The summed E-state index contributed by atoms with van der Waals surface area (Å²) < 4.78 is 29.0. The van der Waals surface area contributed by atoms with Crippen LogP contribution in [0.4, 0.5) is 0 Å². The summed E-state index contributed by atoms with van der Waals surface area (Å²) in [5.41, 5.74) is 0.950. The van der Waals surface area contributed by atoms with Gasteiger partial charge >= 0.3 is 0 Å². The van der Waals surface area contributed by atoms with E-state index in [1.165, 1.54) is 0 Å². The molecule has 3 aliphatic heterocycles. The Morgan fingerprint density at radius 1 is 1.19 bits per heavy atom. The van der Waals surface area contributed by atoms with E-state index in [9.17, 15) is 9.90 Å². The molecule has 2 aromatic rings. The molecule has 4 unspecified atom stereocenters. The molecule has 1 N–H and O–H groups in total. The molecule has 0 aliphatic carbocycles. The van der Waals surface area contributed by atoms with Gasteiger partial charge in [0.1, 0.15) is 35.6 Å². The summed E-state index contributed by atoms with van der Waals surface area (Å²) >= 11 is 6.03. The number of fused-ring (bicyclic) bond motifs is 6. The quantitative estimate of drug-likeness (QED) is 0.725. The predicted molar refractivity (Wildman–Crippen MR) is 112 cm³/mol. The lowest BCUT2D eigenvalue weighted by Gasteiger charge is -2.42. The summed E-state index contributed by atoms with van der Waals surface area (Å²) in [6.45, 7) is 1.98. The highest BCUT2D eigenvalue weighted by Crippen LogP contribution is 2.50. The second-order valence-corrected chi connectivity index (χ2v) is 8.51. The number of benzene rings is 2. The molecule has 8 heteroatoms. The van der Waals surface area contributed by atoms with Crippen molar-refractivity contribution in [2.75, 3.05) is 26.7 Å². The SMILES string of the molecule is COc1cc2c(cc1OC)C1C(=O)c3ccc4c(c3OC1CO2)CC(O)C(C)(CCl)O4. The fourth-order valence-corrected chi connectivity index (χ4v) is 4.75. The van der Waals surface area contributed by atoms with Crippen LogP contribution in [0.3, 0.4) is 0 Å². The fourth-order valence-electron chi connectivity index (χ4n) is 4.52. The maximum Gasteiger partial charge on any atom is 0.178 e. The molecule has 0 spiro atoms. The van der Waals surface area contributed by atoms with E-state index in [4.69, 9.17) is 35.3 Å². The number of aliphatic hydroxyl groups is 1. The lowest BCUT2D eigenvalue weighted by atomic mass is 9.80. The second kappa shape index (κ2) is 7.21. The predicted octanol–water partition coefficient (Wildman–Crippen LogP) is 3.12. The third-order valence-corrected chi connectivity index (χ3v) is 6.90. The summed E-state index contributed by atoms with van der Waals surface area (Å²) in [4.78, 5) is 13.6. The summed E-state index contributed by atoms with van der Waals surface area (Å²) in [5, 5.41) is 10.6. The van der Waals surface area contributed by atoms with E-state index in [1.807, 2.05) is 0 Å². The van der Waals surface area contributed by atoms with Crippen LogP contribution < -0.4 is 23.7 Å². The molecular formula is C23H23ClO7. The van der Waals surface area contributed by atoms with Crippen molar-refractivity contribution in [1.82, 2.24) is 0 Å². The normalized spacial score (nSPS) is 28.0. The van der Waals surface area contributed by atoms with Crippen molar-refractivity contribution in [3.8, 4) is 28.7 Å². The van der Waals surface area contributed by atoms with Gasteiger partial charge in [0.2, 0.25) is 0 Å². The van der Waals surface area contributed by atoms with Gasteiger partial charge in [-0.3, -0.25) is 4.79 Å². The Balaban J connectivity index is 1.58. The molecule has 2 aromatic carbocycles. The molecule has 0 bridgehead atoms. The smallest absolute Gasteiger partial charge is 0.178 e. The Kier molecular flexibility index (Phi) is 4.71. The molecule has 0 saturated heterocycles. The molecule has 7 nitrogen and oxygen atoms in total. The van der Waals surface area contributed by atoms with Crippen LogP contribution in [0, 0.1) is 0 Å². The zero-order chi connectivity index (χ0) is 21.9. The number of ketones is 1. The molecule has 3 heterocycles. The highest BCUT2D eigenvalue weighted by Gasteiger charge is 2.47. The second-order valence-electron chi connectivity index (χ2n) is 8.24. The van der Waals surface area contributed by atoms with Crippen molar-refractivity contribution in [3.05, 3.63) is 41.0 Å². The van der Waals surface area contributed by atoms with Gasteiger partial charge in [-0.1, -0.05) is 0 Å². The number of Topliss-reactive ketones (excluding diaryl/α,β-unsaturated/α-hetero) is 1. The summed E-state index contributed by atoms with van der Waals surface area (Å²) in [6, 6.07) is 6.97. The molecule has 0 radical (unpaired) electrons. The number of halogens is 1. The monoisotopic (exact) mass is 446 g/mol. The van der Waals surface area contributed by atoms with E-state index in [0.717, 1.165) is 0 Å². The standard InChI is InChI=1S/C23H23ClO7/c1-23(10-24)19(25)7-13-14(31-23)5-4-11-21(26)20-12-6-16(27-2)17(28-3)8-15(12)29-9-18(20)30-22(11)13/h4-6,8,18-20,25H,7,9-10H2,1-3H3. The van der Waals surface area contributed by atoms with Crippen LogP contribution in [0.15, 0.2) is 24.3 Å². The van der Waals surface area contributed by atoms with Gasteiger partial charge in [0, 0.05) is 23.6 Å². The third-order valence-electron chi connectivity index (χ3n) is 6.37. The van der Waals surface area contributed by atoms with Gasteiger partial charge in [0.15, 0.2) is 17.3 Å². The number of hydrogen-bond acceptors (Lipinski definition) is 7. The lowest BCUT2D eigenvalue weighted by molar-refractivity contribution is -0.0401. The Hall–Kier alpha value is -2.64. The molecule has 0 amide bonds. The zero-order valence-corrected chi connectivity index (χ0v) is 18.2. The van der Waals surface area contributed by atoms with E-state index < -0.39 is 23.7 Å². The van der Waals surface area contributed by atoms with Crippen LogP contribution in [-0.2, 0) is 6.42 Å². The molecule has 31 heavy (non-hydrogen) atoms. The van der Waals surface area contributed by atoms with E-state index in [0.29, 0.717) is 45.4 Å². The average molecular weight is 447 g/mol. The summed E-state index contributed by atoms with van der Waals surface area (Å²) in [5.74, 6) is 2.20. The first-order chi connectivity index (χ1) is 14.9. The molecule has 5 rings (SSSR count). The van der Waals surface area contributed by atoms with Crippen molar-refractivity contribution in [2.45, 2.75) is 37.1 Å². The van der Waals surface area contributed by atoms with Crippen molar-refractivity contribution >= 4 is 17.4 Å². The number of rotatable bonds is 3. The third kappa shape index (κ3) is 2.94. The van der Waals surface area contributed by atoms with Crippen LogP contribution in [0.1, 0.15) is 34.3 Å². The van der Waals surface area contributed by atoms with Crippen LogP contribution in [-0.4, -0.2) is 55.4 Å². The van der Waals surface area contributed by atoms with Crippen molar-refractivity contribution < 1.29 is 33.6 Å². The first-order valence-electron chi connectivity index (χ1n) is 10.1. The maximum absolute atomic E-state index is 13.6. The zero-order valence-electron chi connectivity index (χ0n) is 17.4. The number of alkyl halides is 1. The number of aliphatic hydroxyl groups excluding tert-OH is 1. The summed E-state index contributed by atoms with van der Waals surface area (Å²) in [7, 11) is 3.10. The van der Waals surface area contributed by atoms with Gasteiger partial charge in [-0.05, 0) is 25.1 Å². The van der Waals surface area contributed by atoms with Crippen LogP contribution in [0.25, 0.3) is 0 Å². The Labute approximate surface area is 184 Å². The number of carbonyl (C=O) groups is 1. The maximum atomic E-state index is 13.6. The van der Waals surface area contributed by atoms with Crippen LogP contribution in [0.5, 0.6) is 28.7 Å². The number of carbonyl (C=O) groups excluding carboxylic acids is 1. The Morgan fingerprint density at radius 2 is 1.94 bits per heavy atom. The largest absolute Gasteiger partial charge is 0.493 e. The van der Waals surface area contributed by atoms with Gasteiger partial charge < -0.3 is 28.8 Å². The fraction of sp³-hybridized carbons (Fsp3) is 0.435. The Morgan fingerprint density at radius 3 is 2.65 bits per heavy atom. The van der Waals surface area contributed by atoms with Gasteiger partial charge in [0.05, 0.1) is 37.7 Å². The number of methoxy groups -OCH3 is 2. The molecule has 0 saturated carbocycles.